The van der Waals surface area contributed by atoms with Gasteiger partial charge in [0, 0.05) is 43.2 Å². The Bertz CT molecular complexity index is 1240. The molecule has 0 bridgehead atoms. The molecule has 3 aromatic rings. The van der Waals surface area contributed by atoms with Crippen LogP contribution in [0.4, 0.5) is 4.39 Å². The lowest BCUT2D eigenvalue weighted by atomic mass is 9.98. The van der Waals surface area contributed by atoms with Crippen LogP contribution in [0.15, 0.2) is 40.3 Å². The van der Waals surface area contributed by atoms with Gasteiger partial charge < -0.3 is 19.5 Å². The second-order valence-electron chi connectivity index (χ2n) is 8.72. The number of nitrogens with one attached hydrogen (secondary N) is 1. The zero-order chi connectivity index (χ0) is 21.7. The van der Waals surface area contributed by atoms with E-state index < -0.39 is 0 Å². The van der Waals surface area contributed by atoms with E-state index in [9.17, 15) is 9.18 Å². The number of halogens is 1. The number of ether oxygens (including phenoxy) is 1. The van der Waals surface area contributed by atoms with Gasteiger partial charge in [0.05, 0.1) is 34.0 Å². The van der Waals surface area contributed by atoms with Crippen LogP contribution in [-0.2, 0) is 13.1 Å². The molecule has 0 radical (unpaired) electrons. The summed E-state index contributed by atoms with van der Waals surface area (Å²) in [6.07, 6.45) is 5.18. The third kappa shape index (κ3) is 3.58. The van der Waals surface area contributed by atoms with Crippen molar-refractivity contribution in [2.75, 3.05) is 25.6 Å². The van der Waals surface area contributed by atoms with Crippen molar-refractivity contribution in [1.29, 1.82) is 0 Å². The first-order chi connectivity index (χ1) is 15.7. The summed E-state index contributed by atoms with van der Waals surface area (Å²) in [4.78, 5) is 24.5. The fraction of sp³-hybridized carbons (Fsp3) is 0.435. The highest BCUT2D eigenvalue weighted by atomic mass is 32.2. The zero-order valence-electron chi connectivity index (χ0n) is 17.6. The summed E-state index contributed by atoms with van der Waals surface area (Å²) < 4.78 is 21.9. The highest BCUT2D eigenvalue weighted by Gasteiger charge is 2.31. The van der Waals surface area contributed by atoms with Gasteiger partial charge in [-0.3, -0.25) is 14.8 Å². The van der Waals surface area contributed by atoms with Gasteiger partial charge in [-0.15, -0.1) is 0 Å². The highest BCUT2D eigenvalue weighted by molar-refractivity contribution is 7.99. The average Bonchev–Trinajstić information content (AvgIpc) is 3.43. The molecule has 1 unspecified atom stereocenters. The van der Waals surface area contributed by atoms with E-state index in [1.165, 1.54) is 17.2 Å². The highest BCUT2D eigenvalue weighted by Crippen LogP contribution is 2.36. The minimum Gasteiger partial charge on any atom is -0.480 e. The Hall–Kier alpha value is -2.49. The number of hydrogen-bond acceptors (Lipinski definition) is 7. The molecule has 0 aliphatic carbocycles. The third-order valence-electron chi connectivity index (χ3n) is 6.76. The van der Waals surface area contributed by atoms with Crippen molar-refractivity contribution in [3.8, 4) is 5.75 Å². The standard InChI is InChI=1S/C23H24FN5O2S/c24-17-9-27-18-1-2-21(30)29-12-14(22(17)23(18)29)11-28-5-3-15(4-6-28)25-8-16-7-20-19(10-26-16)31-13-32-20/h1-2,7,9-10,14-15,25H,3-6,8,11-13H2. The van der Waals surface area contributed by atoms with Crippen LogP contribution < -0.4 is 15.6 Å². The molecule has 6 rings (SSSR count). The van der Waals surface area contributed by atoms with E-state index in [0.717, 1.165) is 50.5 Å². The van der Waals surface area contributed by atoms with E-state index in [1.807, 2.05) is 6.20 Å². The van der Waals surface area contributed by atoms with Crippen molar-refractivity contribution in [2.45, 2.75) is 42.8 Å². The number of fused-ring (bicyclic) bond motifs is 1. The molecule has 0 aromatic carbocycles. The molecule has 32 heavy (non-hydrogen) atoms. The first kappa shape index (κ1) is 20.1. The first-order valence-corrected chi connectivity index (χ1v) is 12.0. The lowest BCUT2D eigenvalue weighted by molar-refractivity contribution is 0.184. The van der Waals surface area contributed by atoms with Crippen LogP contribution in [-0.4, -0.2) is 51.0 Å². The van der Waals surface area contributed by atoms with E-state index in [2.05, 4.69) is 26.3 Å². The van der Waals surface area contributed by atoms with E-state index in [4.69, 9.17) is 4.74 Å². The van der Waals surface area contributed by atoms with E-state index in [0.29, 0.717) is 35.1 Å². The summed E-state index contributed by atoms with van der Waals surface area (Å²) in [5, 5.41) is 3.64. The number of aromatic nitrogens is 3. The van der Waals surface area contributed by atoms with Crippen LogP contribution >= 0.6 is 11.8 Å². The fourth-order valence-corrected chi connectivity index (χ4v) is 5.90. The van der Waals surface area contributed by atoms with E-state index in [1.54, 1.807) is 22.4 Å². The quantitative estimate of drug-likeness (QED) is 0.637. The Balaban J connectivity index is 1.07. The normalized spacial score (nSPS) is 20.6. The number of rotatable bonds is 5. The first-order valence-electron chi connectivity index (χ1n) is 11.0. The second kappa shape index (κ2) is 8.13. The molecule has 0 amide bonds. The van der Waals surface area contributed by atoms with Gasteiger partial charge in [0.1, 0.15) is 11.8 Å². The van der Waals surface area contributed by atoms with Crippen LogP contribution in [0.5, 0.6) is 5.75 Å². The number of thioether (sulfide) groups is 1. The molecule has 7 nitrogen and oxygen atoms in total. The summed E-state index contributed by atoms with van der Waals surface area (Å²) in [5.41, 5.74) is 2.97. The van der Waals surface area contributed by atoms with Gasteiger partial charge in [-0.1, -0.05) is 11.8 Å². The number of piperidine rings is 1. The van der Waals surface area contributed by atoms with Crippen molar-refractivity contribution < 1.29 is 9.13 Å². The molecule has 0 spiro atoms. The molecule has 0 saturated carbocycles. The average molecular weight is 454 g/mol. The molecule has 1 fully saturated rings. The molecule has 6 heterocycles. The molecular formula is C23H24FN5O2S. The third-order valence-corrected chi connectivity index (χ3v) is 7.62. The predicted molar refractivity (Wildman–Crippen MR) is 121 cm³/mol. The molecule has 1 saturated heterocycles. The molecule has 1 N–H and O–H groups in total. The Kier molecular flexibility index (Phi) is 5.12. The molecule has 166 valence electrons. The molecule has 1 atom stereocenters. The van der Waals surface area contributed by atoms with Crippen LogP contribution in [0.2, 0.25) is 0 Å². The monoisotopic (exact) mass is 453 g/mol. The van der Waals surface area contributed by atoms with Gasteiger partial charge in [0.2, 0.25) is 0 Å². The molecule has 3 aliphatic heterocycles. The molecule has 3 aliphatic rings. The Morgan fingerprint density at radius 3 is 2.97 bits per heavy atom. The summed E-state index contributed by atoms with van der Waals surface area (Å²) in [6.45, 7) is 3.94. The summed E-state index contributed by atoms with van der Waals surface area (Å²) in [5.74, 6) is 1.23. The van der Waals surface area contributed by atoms with Gasteiger partial charge >= 0.3 is 0 Å². The van der Waals surface area contributed by atoms with Crippen LogP contribution in [0.25, 0.3) is 11.0 Å². The van der Waals surface area contributed by atoms with Crippen molar-refractivity contribution in [2.24, 2.45) is 0 Å². The van der Waals surface area contributed by atoms with Crippen molar-refractivity contribution in [3.63, 3.8) is 0 Å². The topological polar surface area (TPSA) is 72.3 Å². The number of hydrogen-bond donors (Lipinski definition) is 1. The summed E-state index contributed by atoms with van der Waals surface area (Å²) in [6, 6.07) is 5.77. The lowest BCUT2D eigenvalue weighted by Gasteiger charge is -2.34. The minimum atomic E-state index is -0.304. The maximum atomic E-state index is 14.7. The molecule has 9 heteroatoms. The molecule has 3 aromatic heterocycles. The van der Waals surface area contributed by atoms with Crippen molar-refractivity contribution in [3.05, 3.63) is 58.0 Å². The summed E-state index contributed by atoms with van der Waals surface area (Å²) >= 11 is 1.71. The summed E-state index contributed by atoms with van der Waals surface area (Å²) in [7, 11) is 0. The SMILES string of the molecule is O=c1ccc2ncc(F)c3c2n1CC3CN1CCC(NCc2cc3c(cn2)OCS3)CC1. The Morgan fingerprint density at radius 1 is 1.22 bits per heavy atom. The van der Waals surface area contributed by atoms with E-state index >= 15 is 0 Å². The van der Waals surface area contributed by atoms with Gasteiger partial charge in [-0.25, -0.2) is 4.39 Å². The van der Waals surface area contributed by atoms with Crippen LogP contribution in [0.3, 0.4) is 0 Å². The maximum Gasteiger partial charge on any atom is 0.251 e. The zero-order valence-corrected chi connectivity index (χ0v) is 18.4. The van der Waals surface area contributed by atoms with Crippen molar-refractivity contribution in [1.82, 2.24) is 24.8 Å². The van der Waals surface area contributed by atoms with Gasteiger partial charge in [0.25, 0.3) is 5.56 Å². The predicted octanol–water partition coefficient (Wildman–Crippen LogP) is 2.72. The molecular weight excluding hydrogens is 429 g/mol. The lowest BCUT2D eigenvalue weighted by Crippen LogP contribution is -2.43. The number of likely N-dealkylation sites (tertiary alicyclic amines) is 1. The largest absolute Gasteiger partial charge is 0.480 e. The number of pyridine rings is 3. The van der Waals surface area contributed by atoms with E-state index in [-0.39, 0.29) is 17.3 Å². The van der Waals surface area contributed by atoms with Crippen LogP contribution in [0.1, 0.15) is 30.0 Å². The maximum absolute atomic E-state index is 14.7. The Labute approximate surface area is 189 Å². The minimum absolute atomic E-state index is 0.0181. The fourth-order valence-electron chi connectivity index (χ4n) is 5.11. The second-order valence-corrected chi connectivity index (χ2v) is 9.68. The van der Waals surface area contributed by atoms with Crippen LogP contribution in [0, 0.1) is 5.82 Å². The Morgan fingerprint density at radius 2 is 2.09 bits per heavy atom. The van der Waals surface area contributed by atoms with Gasteiger partial charge in [0.15, 0.2) is 5.75 Å². The van der Waals surface area contributed by atoms with Gasteiger partial charge in [-0.2, -0.15) is 0 Å². The van der Waals surface area contributed by atoms with Gasteiger partial charge in [-0.05, 0) is 38.1 Å². The number of nitrogens with zero attached hydrogens (tertiary/aromatic N) is 4. The smallest absolute Gasteiger partial charge is 0.251 e. The van der Waals surface area contributed by atoms with Crippen molar-refractivity contribution >= 4 is 22.8 Å².